The molecule has 1 aliphatic rings. The summed E-state index contributed by atoms with van der Waals surface area (Å²) in [5.41, 5.74) is 0.533. The fraction of sp³-hybridized carbons (Fsp3) is 0.588. The Morgan fingerprint density at radius 2 is 2.10 bits per heavy atom. The first-order valence-corrected chi connectivity index (χ1v) is 7.66. The Labute approximate surface area is 126 Å². The zero-order chi connectivity index (χ0) is 15.3. The summed E-state index contributed by atoms with van der Waals surface area (Å²) in [5, 5.41) is 9.82. The van der Waals surface area contributed by atoms with Crippen LogP contribution >= 0.6 is 0 Å². The zero-order valence-corrected chi connectivity index (χ0v) is 12.9. The number of carbonyl (C=O) groups excluding carboxylic acids is 1. The maximum absolute atomic E-state index is 12.4. The van der Waals surface area contributed by atoms with Gasteiger partial charge < -0.3 is 14.7 Å². The third-order valence-corrected chi connectivity index (χ3v) is 4.10. The normalized spacial score (nSPS) is 21.8. The minimum Gasteiger partial charge on any atom is -0.445 e. The minimum absolute atomic E-state index is 0.00557. The van der Waals surface area contributed by atoms with E-state index in [0.717, 1.165) is 24.8 Å². The van der Waals surface area contributed by atoms with Crippen LogP contribution in [-0.4, -0.2) is 34.8 Å². The predicted octanol–water partition coefficient (Wildman–Crippen LogP) is 3.20. The Morgan fingerprint density at radius 3 is 2.71 bits per heavy atom. The van der Waals surface area contributed by atoms with Crippen LogP contribution in [0.3, 0.4) is 0 Å². The lowest BCUT2D eigenvalue weighted by Crippen LogP contribution is -2.51. The van der Waals surface area contributed by atoms with Gasteiger partial charge in [0.1, 0.15) is 6.61 Å². The van der Waals surface area contributed by atoms with Crippen LogP contribution in [0.4, 0.5) is 4.79 Å². The summed E-state index contributed by atoms with van der Waals surface area (Å²) in [7, 11) is 0. The highest BCUT2D eigenvalue weighted by Gasteiger charge is 2.44. The van der Waals surface area contributed by atoms with Gasteiger partial charge in [-0.3, -0.25) is 0 Å². The Kier molecular flexibility index (Phi) is 5.23. The number of likely N-dealkylation sites (tertiary alicyclic amines) is 1. The second-order valence-corrected chi connectivity index (χ2v) is 6.28. The molecule has 1 aromatic carbocycles. The van der Waals surface area contributed by atoms with Crippen molar-refractivity contribution < 1.29 is 14.6 Å². The van der Waals surface area contributed by atoms with Crippen LogP contribution in [0.15, 0.2) is 30.3 Å². The van der Waals surface area contributed by atoms with Gasteiger partial charge in [-0.25, -0.2) is 4.79 Å². The number of aliphatic hydroxyl groups is 1. The third kappa shape index (κ3) is 3.76. The van der Waals surface area contributed by atoms with Crippen molar-refractivity contribution in [2.45, 2.75) is 45.3 Å². The van der Waals surface area contributed by atoms with E-state index >= 15 is 0 Å². The number of carbonyl (C=O) groups is 1. The second kappa shape index (κ2) is 6.94. The number of amides is 1. The van der Waals surface area contributed by atoms with Gasteiger partial charge in [-0.2, -0.15) is 0 Å². The summed E-state index contributed by atoms with van der Waals surface area (Å²) >= 11 is 0. The fourth-order valence-electron chi connectivity index (χ4n) is 3.22. The molecule has 2 rings (SSSR count). The molecule has 21 heavy (non-hydrogen) atoms. The second-order valence-electron chi connectivity index (χ2n) is 6.28. The van der Waals surface area contributed by atoms with E-state index in [-0.39, 0.29) is 19.3 Å². The summed E-state index contributed by atoms with van der Waals surface area (Å²) in [6.07, 6.45) is 2.27. The van der Waals surface area contributed by atoms with Crippen molar-refractivity contribution >= 4 is 6.09 Å². The lowest BCUT2D eigenvalue weighted by molar-refractivity contribution is 0.0270. The molecule has 116 valence electrons. The van der Waals surface area contributed by atoms with Crippen LogP contribution in [0.5, 0.6) is 0 Å². The van der Waals surface area contributed by atoms with Gasteiger partial charge in [-0.1, -0.05) is 44.2 Å². The standard InChI is InChI=1S/C17H25NO3/c1-14(2)11-17(13-19)9-6-10-18(17)16(20)21-12-15-7-4-3-5-8-15/h3-5,7-8,14,19H,6,9-13H2,1-2H3. The molecule has 1 fully saturated rings. The first kappa shape index (κ1) is 15.8. The number of nitrogens with zero attached hydrogens (tertiary/aromatic N) is 1. The zero-order valence-electron chi connectivity index (χ0n) is 12.9. The Balaban J connectivity index is 2.00. The van der Waals surface area contributed by atoms with Gasteiger partial charge in [-0.15, -0.1) is 0 Å². The molecule has 1 heterocycles. The molecule has 1 saturated heterocycles. The monoisotopic (exact) mass is 291 g/mol. The number of rotatable bonds is 5. The van der Waals surface area contributed by atoms with E-state index in [2.05, 4.69) is 13.8 Å². The average Bonchev–Trinajstić information content (AvgIpc) is 2.89. The molecule has 1 aliphatic heterocycles. The van der Waals surface area contributed by atoms with Gasteiger partial charge in [0.2, 0.25) is 0 Å². The molecule has 1 amide bonds. The SMILES string of the molecule is CC(C)CC1(CO)CCCN1C(=O)OCc1ccccc1. The van der Waals surface area contributed by atoms with Gasteiger partial charge in [-0.05, 0) is 30.7 Å². The molecule has 0 spiro atoms. The van der Waals surface area contributed by atoms with E-state index in [4.69, 9.17) is 4.74 Å². The summed E-state index contributed by atoms with van der Waals surface area (Å²) in [4.78, 5) is 14.1. The number of hydrogen-bond acceptors (Lipinski definition) is 3. The first-order chi connectivity index (χ1) is 10.1. The van der Waals surface area contributed by atoms with Crippen LogP contribution in [0.2, 0.25) is 0 Å². The Hall–Kier alpha value is -1.55. The van der Waals surface area contributed by atoms with Crippen molar-refractivity contribution in [3.8, 4) is 0 Å². The Morgan fingerprint density at radius 1 is 1.38 bits per heavy atom. The molecule has 0 saturated carbocycles. The van der Waals surface area contributed by atoms with E-state index in [9.17, 15) is 9.90 Å². The van der Waals surface area contributed by atoms with E-state index in [1.54, 1.807) is 4.90 Å². The number of hydrogen-bond donors (Lipinski definition) is 1. The third-order valence-electron chi connectivity index (χ3n) is 4.10. The van der Waals surface area contributed by atoms with Crippen molar-refractivity contribution in [3.05, 3.63) is 35.9 Å². The van der Waals surface area contributed by atoms with Gasteiger partial charge >= 0.3 is 6.09 Å². The smallest absolute Gasteiger partial charge is 0.410 e. The van der Waals surface area contributed by atoms with Gasteiger partial charge in [0.25, 0.3) is 0 Å². The van der Waals surface area contributed by atoms with Crippen molar-refractivity contribution in [1.29, 1.82) is 0 Å². The van der Waals surface area contributed by atoms with Crippen LogP contribution in [0, 0.1) is 5.92 Å². The molecule has 0 aliphatic carbocycles. The molecule has 4 nitrogen and oxygen atoms in total. The van der Waals surface area contributed by atoms with Gasteiger partial charge in [0.15, 0.2) is 0 Å². The van der Waals surface area contributed by atoms with Crippen LogP contribution in [-0.2, 0) is 11.3 Å². The maximum atomic E-state index is 12.4. The highest BCUT2D eigenvalue weighted by Crippen LogP contribution is 2.35. The number of ether oxygens (including phenoxy) is 1. The fourth-order valence-corrected chi connectivity index (χ4v) is 3.22. The first-order valence-electron chi connectivity index (χ1n) is 7.66. The average molecular weight is 291 g/mol. The van der Waals surface area contributed by atoms with Crippen LogP contribution in [0.25, 0.3) is 0 Å². The molecule has 1 unspecified atom stereocenters. The lowest BCUT2D eigenvalue weighted by atomic mass is 9.87. The Bertz CT molecular complexity index is 460. The van der Waals surface area contributed by atoms with E-state index in [1.165, 1.54) is 0 Å². The lowest BCUT2D eigenvalue weighted by Gasteiger charge is -2.37. The molecule has 4 heteroatoms. The van der Waals surface area contributed by atoms with Crippen molar-refractivity contribution in [3.63, 3.8) is 0 Å². The van der Waals surface area contributed by atoms with Crippen LogP contribution in [0.1, 0.15) is 38.7 Å². The quantitative estimate of drug-likeness (QED) is 0.906. The molecule has 0 bridgehead atoms. The minimum atomic E-state index is -0.443. The van der Waals surface area contributed by atoms with E-state index in [0.29, 0.717) is 12.5 Å². The number of benzene rings is 1. The summed E-state index contributed by atoms with van der Waals surface area (Å²) in [6.45, 7) is 5.18. The molecular weight excluding hydrogens is 266 g/mol. The topological polar surface area (TPSA) is 49.8 Å². The van der Waals surface area contributed by atoms with Crippen LogP contribution < -0.4 is 0 Å². The highest BCUT2D eigenvalue weighted by molar-refractivity contribution is 5.69. The summed E-state index contributed by atoms with van der Waals surface area (Å²) in [6, 6.07) is 9.66. The van der Waals surface area contributed by atoms with E-state index < -0.39 is 5.54 Å². The highest BCUT2D eigenvalue weighted by atomic mass is 16.6. The number of aliphatic hydroxyl groups excluding tert-OH is 1. The summed E-state index contributed by atoms with van der Waals surface area (Å²) in [5.74, 6) is 0.430. The maximum Gasteiger partial charge on any atom is 0.410 e. The molecular formula is C17H25NO3. The van der Waals surface area contributed by atoms with Gasteiger partial charge in [0, 0.05) is 6.54 Å². The predicted molar refractivity (Wildman–Crippen MR) is 81.8 cm³/mol. The van der Waals surface area contributed by atoms with Crippen molar-refractivity contribution in [2.75, 3.05) is 13.2 Å². The van der Waals surface area contributed by atoms with Crippen molar-refractivity contribution in [1.82, 2.24) is 4.90 Å². The van der Waals surface area contributed by atoms with Crippen molar-refractivity contribution in [2.24, 2.45) is 5.92 Å². The molecule has 1 aromatic rings. The summed E-state index contributed by atoms with van der Waals surface area (Å²) < 4.78 is 5.43. The molecule has 1 atom stereocenters. The molecule has 0 radical (unpaired) electrons. The van der Waals surface area contributed by atoms with E-state index in [1.807, 2.05) is 30.3 Å². The molecule has 1 N–H and O–H groups in total. The largest absolute Gasteiger partial charge is 0.445 e. The van der Waals surface area contributed by atoms with Gasteiger partial charge in [0.05, 0.1) is 12.1 Å². The molecule has 0 aromatic heterocycles.